The highest BCUT2D eigenvalue weighted by Crippen LogP contribution is 2.59. The summed E-state index contributed by atoms with van der Waals surface area (Å²) in [6, 6.07) is 0. The monoisotopic (exact) mass is 372 g/mol. The van der Waals surface area contributed by atoms with Gasteiger partial charge in [0, 0.05) is 7.11 Å². The molecule has 5 atom stereocenters. The van der Waals surface area contributed by atoms with E-state index in [9.17, 15) is 5.11 Å². The molecule has 3 aliphatic rings. The van der Waals surface area contributed by atoms with Gasteiger partial charge >= 0.3 is 0 Å². The largest absolute Gasteiger partial charge is 0.400 e. The van der Waals surface area contributed by atoms with Crippen molar-refractivity contribution < 1.29 is 10.2 Å². The first-order chi connectivity index (χ1) is 12.9. The van der Waals surface area contributed by atoms with Gasteiger partial charge in [-0.3, -0.25) is 0 Å². The van der Waals surface area contributed by atoms with Crippen molar-refractivity contribution in [3.05, 3.63) is 47.6 Å². The lowest BCUT2D eigenvalue weighted by Crippen LogP contribution is -2.33. The molecule has 0 radical (unpaired) electrons. The summed E-state index contributed by atoms with van der Waals surface area (Å²) < 4.78 is 0. The van der Waals surface area contributed by atoms with Crippen molar-refractivity contribution in [3.63, 3.8) is 0 Å². The van der Waals surface area contributed by atoms with E-state index in [1.807, 2.05) is 0 Å². The Kier molecular flexibility index (Phi) is 7.71. The van der Waals surface area contributed by atoms with Crippen LogP contribution in [-0.4, -0.2) is 23.4 Å². The fourth-order valence-corrected chi connectivity index (χ4v) is 5.83. The molecular weight excluding hydrogens is 332 g/mol. The first kappa shape index (κ1) is 22.2. The maximum atomic E-state index is 10.2. The van der Waals surface area contributed by atoms with Crippen molar-refractivity contribution in [1.82, 2.24) is 0 Å². The highest BCUT2D eigenvalue weighted by molar-refractivity contribution is 5.30. The predicted octanol–water partition coefficient (Wildman–Crippen LogP) is 5.98. The van der Waals surface area contributed by atoms with Gasteiger partial charge in [0.15, 0.2) is 0 Å². The second-order valence-corrected chi connectivity index (χ2v) is 9.02. The molecule has 3 saturated carbocycles. The number of rotatable bonds is 3. The lowest BCUT2D eigenvalue weighted by Gasteiger charge is -2.43. The van der Waals surface area contributed by atoms with Crippen LogP contribution in [0, 0.1) is 23.2 Å². The van der Waals surface area contributed by atoms with Crippen molar-refractivity contribution in [1.29, 1.82) is 0 Å². The maximum absolute atomic E-state index is 10.2. The number of allylic oxidation sites excluding steroid dienone is 4. The minimum absolute atomic E-state index is 0.353. The molecule has 3 fully saturated rings. The van der Waals surface area contributed by atoms with E-state index in [1.54, 1.807) is 5.57 Å². The van der Waals surface area contributed by atoms with Gasteiger partial charge < -0.3 is 10.2 Å². The van der Waals surface area contributed by atoms with Crippen molar-refractivity contribution >= 4 is 0 Å². The van der Waals surface area contributed by atoms with E-state index in [2.05, 4.69) is 46.1 Å². The first-order valence-corrected chi connectivity index (χ1v) is 10.7. The number of aliphatic hydroxyl groups excluding tert-OH is 2. The molecule has 152 valence electrons. The zero-order chi connectivity index (χ0) is 20.2. The Bertz CT molecular complexity index is 596. The molecule has 3 rings (SSSR count). The van der Waals surface area contributed by atoms with E-state index >= 15 is 0 Å². The number of hydrogen-bond donors (Lipinski definition) is 2. The zero-order valence-corrected chi connectivity index (χ0v) is 17.9. The van der Waals surface area contributed by atoms with E-state index in [-0.39, 0.29) is 6.10 Å². The highest BCUT2D eigenvalue weighted by Gasteiger charge is 2.49. The van der Waals surface area contributed by atoms with E-state index < -0.39 is 0 Å². The second kappa shape index (κ2) is 9.39. The van der Waals surface area contributed by atoms with E-state index in [1.165, 1.54) is 43.3 Å². The molecule has 3 aliphatic carbocycles. The zero-order valence-electron chi connectivity index (χ0n) is 17.9. The molecule has 27 heavy (non-hydrogen) atoms. The van der Waals surface area contributed by atoms with Gasteiger partial charge in [0.25, 0.3) is 0 Å². The molecule has 2 unspecified atom stereocenters. The fourth-order valence-electron chi connectivity index (χ4n) is 5.83. The van der Waals surface area contributed by atoms with E-state index in [4.69, 9.17) is 5.11 Å². The van der Waals surface area contributed by atoms with Gasteiger partial charge in [0.05, 0.1) is 6.10 Å². The summed E-state index contributed by atoms with van der Waals surface area (Å²) in [6.07, 6.45) is 13.9. The molecule has 0 spiro atoms. The van der Waals surface area contributed by atoms with Gasteiger partial charge in [-0.2, -0.15) is 0 Å². The van der Waals surface area contributed by atoms with Crippen molar-refractivity contribution in [3.8, 4) is 0 Å². The van der Waals surface area contributed by atoms with Gasteiger partial charge in [-0.25, -0.2) is 0 Å². The van der Waals surface area contributed by atoms with Gasteiger partial charge in [-0.05, 0) is 80.1 Å². The summed E-state index contributed by atoms with van der Waals surface area (Å²) in [5.41, 5.74) is 5.93. The number of hydrogen-bond acceptors (Lipinski definition) is 2. The molecule has 0 heterocycles. The molecule has 0 aromatic carbocycles. The van der Waals surface area contributed by atoms with Crippen molar-refractivity contribution in [2.24, 2.45) is 23.2 Å². The van der Waals surface area contributed by atoms with E-state index in [0.717, 1.165) is 37.9 Å². The quantitative estimate of drug-likeness (QED) is 0.599. The first-order valence-electron chi connectivity index (χ1n) is 10.7. The molecule has 2 heteroatoms. The Balaban J connectivity index is 0.00000126. The molecule has 0 bridgehead atoms. The normalized spacial score (nSPS) is 39.1. The Morgan fingerprint density at radius 2 is 1.93 bits per heavy atom. The molecule has 0 amide bonds. The Morgan fingerprint density at radius 1 is 1.22 bits per heavy atom. The van der Waals surface area contributed by atoms with Crippen LogP contribution in [0.4, 0.5) is 0 Å². The summed E-state index contributed by atoms with van der Waals surface area (Å²) in [4.78, 5) is 0. The van der Waals surface area contributed by atoms with Gasteiger partial charge in [0.1, 0.15) is 0 Å². The van der Waals surface area contributed by atoms with Gasteiger partial charge in [-0.1, -0.05) is 62.8 Å². The number of fused-ring (bicyclic) bond motifs is 1. The SMILES string of the molecule is C=C1C(C)C/C(=C\C=C2/CCCC3(C)[C@@H](C(=C)CC)CC[C@@H]23)C[C@H]1O.CO. The minimum Gasteiger partial charge on any atom is -0.400 e. The van der Waals surface area contributed by atoms with Crippen LogP contribution in [0.5, 0.6) is 0 Å². The molecule has 0 saturated heterocycles. The summed E-state index contributed by atoms with van der Waals surface area (Å²) in [6.45, 7) is 15.4. The van der Waals surface area contributed by atoms with Crippen LogP contribution in [0.3, 0.4) is 0 Å². The molecule has 2 N–H and O–H groups in total. The summed E-state index contributed by atoms with van der Waals surface area (Å²) in [7, 11) is 1.00. The lowest BCUT2D eigenvalue weighted by atomic mass is 9.62. The molecule has 0 aromatic rings. The highest BCUT2D eigenvalue weighted by atomic mass is 16.3. The predicted molar refractivity (Wildman–Crippen MR) is 115 cm³/mol. The summed E-state index contributed by atoms with van der Waals surface area (Å²) >= 11 is 0. The second-order valence-electron chi connectivity index (χ2n) is 9.02. The van der Waals surface area contributed by atoms with E-state index in [0.29, 0.717) is 17.3 Å². The molecule has 0 aliphatic heterocycles. The maximum Gasteiger partial charge on any atom is 0.0787 e. The molecule has 0 aromatic heterocycles. The summed E-state index contributed by atoms with van der Waals surface area (Å²) in [5, 5.41) is 17.2. The van der Waals surface area contributed by atoms with Gasteiger partial charge in [0.2, 0.25) is 0 Å². The van der Waals surface area contributed by atoms with Crippen molar-refractivity contribution in [2.75, 3.05) is 7.11 Å². The van der Waals surface area contributed by atoms with Crippen LogP contribution in [0.2, 0.25) is 0 Å². The third-order valence-corrected chi connectivity index (χ3v) is 7.53. The minimum atomic E-state index is -0.353. The van der Waals surface area contributed by atoms with Crippen molar-refractivity contribution in [2.45, 2.75) is 78.2 Å². The Morgan fingerprint density at radius 3 is 2.56 bits per heavy atom. The van der Waals surface area contributed by atoms with Crippen LogP contribution < -0.4 is 0 Å². The van der Waals surface area contributed by atoms with Crippen LogP contribution in [-0.2, 0) is 0 Å². The average molecular weight is 373 g/mol. The smallest absolute Gasteiger partial charge is 0.0787 e. The Labute approximate surface area is 166 Å². The standard InChI is InChI=1S/C24H36O.CH4O/c1-6-16(2)21-11-12-22-20(8-7-13-24(21,22)5)10-9-19-14-17(3)18(4)23(25)15-19;1-2/h9-10,17,21-23,25H,2,4,6-8,11-15H2,1,3,5H3;2H,1H3/b19-9+,20-10+;/t17?,21-,22+,23-,24?;/m1./s1. The molecular formula is C25H40O2. The topological polar surface area (TPSA) is 40.5 Å². The summed E-state index contributed by atoms with van der Waals surface area (Å²) in [5.74, 6) is 1.83. The fraction of sp³-hybridized carbons (Fsp3) is 0.680. The van der Waals surface area contributed by atoms with Crippen LogP contribution >= 0.6 is 0 Å². The van der Waals surface area contributed by atoms with Crippen LogP contribution in [0.25, 0.3) is 0 Å². The third-order valence-electron chi connectivity index (χ3n) is 7.53. The molecule has 2 nitrogen and oxygen atoms in total. The third kappa shape index (κ3) is 4.49. The van der Waals surface area contributed by atoms with Crippen LogP contribution in [0.15, 0.2) is 47.6 Å². The Hall–Kier alpha value is -1.12. The number of aliphatic hydroxyl groups is 2. The van der Waals surface area contributed by atoms with Gasteiger partial charge in [-0.15, -0.1) is 0 Å². The van der Waals surface area contributed by atoms with Crippen LogP contribution in [0.1, 0.15) is 72.1 Å². The average Bonchev–Trinajstić information content (AvgIpc) is 3.02. The lowest BCUT2D eigenvalue weighted by molar-refractivity contribution is 0.154.